The number of hydrogen-bond acceptors (Lipinski definition) is 9. The third kappa shape index (κ3) is 10.8. The molecule has 246 valence electrons. The van der Waals surface area contributed by atoms with Crippen molar-refractivity contribution in [1.29, 1.82) is 0 Å². The molecule has 0 bridgehead atoms. The molecule has 2 saturated heterocycles. The van der Waals surface area contributed by atoms with E-state index >= 15 is 0 Å². The Bertz CT molecular complexity index is 1160. The first-order valence-electron chi connectivity index (χ1n) is 14.4. The van der Waals surface area contributed by atoms with E-state index in [1.807, 2.05) is 0 Å². The Morgan fingerprint density at radius 3 is 1.27 bits per heavy atom. The summed E-state index contributed by atoms with van der Waals surface area (Å²) < 4.78 is 0. The molecule has 6 atom stereocenters. The molecule has 44 heavy (non-hydrogen) atoms. The molecular formula is C31H50N6O7. The number of para-hydroxylation sites is 1. The molecule has 0 amide bonds. The minimum Gasteiger partial charge on any atom is -0.872 e. The molecule has 0 saturated carbocycles. The van der Waals surface area contributed by atoms with Crippen LogP contribution in [-0.2, 0) is 0 Å². The third-order valence-corrected chi connectivity index (χ3v) is 7.75. The van der Waals surface area contributed by atoms with Gasteiger partial charge in [0.15, 0.2) is 0 Å². The fourth-order valence-corrected chi connectivity index (χ4v) is 5.71. The average Bonchev–Trinajstić information content (AvgIpc) is 3.35. The Morgan fingerprint density at radius 1 is 0.727 bits per heavy atom. The van der Waals surface area contributed by atoms with Crippen LogP contribution in [0.3, 0.4) is 0 Å². The van der Waals surface area contributed by atoms with Crippen LogP contribution in [0.5, 0.6) is 5.75 Å². The summed E-state index contributed by atoms with van der Waals surface area (Å²) in [4.78, 5) is 43.6. The molecule has 2 aliphatic rings. The Hall–Kier alpha value is -3.59. The lowest BCUT2D eigenvalue weighted by Gasteiger charge is -2.27. The van der Waals surface area contributed by atoms with E-state index < -0.39 is 23.7 Å². The number of rotatable bonds is 5. The highest BCUT2D eigenvalue weighted by atomic mass is 16.4. The second-order valence-corrected chi connectivity index (χ2v) is 11.7. The number of carboxylic acids is 3. The largest absolute Gasteiger partial charge is 0.872 e. The average molecular weight is 619 g/mol. The lowest BCUT2D eigenvalue weighted by atomic mass is 10.1. The summed E-state index contributed by atoms with van der Waals surface area (Å²) in [6, 6.07) is 12.3. The van der Waals surface area contributed by atoms with Gasteiger partial charge in [-0.25, -0.2) is 29.2 Å². The number of hydrogen-bond donors (Lipinski definition) is 4. The standard InChI is InChI=1S/2C8H19N3.C8H6O4.C7H6O3/c2*1-7-6-10(4)8(9(2)3)11(7)5;9-7(10)5-3-1-2-4-6(5)8(11)12;8-6-4-2-1-3-5(6)7(9)10/h2*7-8H,6H2,1-5H3;1-4H,(H,9,10)(H,11,12);1-4,8H,(H,9,10). The highest BCUT2D eigenvalue weighted by molar-refractivity contribution is 6.00. The van der Waals surface area contributed by atoms with Crippen LogP contribution in [0.15, 0.2) is 48.5 Å². The molecule has 2 aromatic rings. The first kappa shape index (κ1) is 38.4. The maximum absolute atomic E-state index is 10.7. The van der Waals surface area contributed by atoms with Crippen molar-refractivity contribution in [3.05, 3.63) is 65.2 Å². The molecule has 13 heteroatoms. The molecule has 13 nitrogen and oxygen atoms in total. The van der Waals surface area contributed by atoms with E-state index in [0.717, 1.165) is 0 Å². The molecule has 0 aromatic heterocycles. The summed E-state index contributed by atoms with van der Waals surface area (Å²) in [5, 5.41) is 37.9. The van der Waals surface area contributed by atoms with Crippen LogP contribution in [0.25, 0.3) is 0 Å². The molecule has 6 unspecified atom stereocenters. The van der Waals surface area contributed by atoms with Crippen LogP contribution in [0.4, 0.5) is 0 Å². The minimum atomic E-state index is -1.48. The Balaban J connectivity index is 0.000000294. The van der Waals surface area contributed by atoms with E-state index in [4.69, 9.17) is 10.2 Å². The molecular weight excluding hydrogens is 568 g/mol. The lowest BCUT2D eigenvalue weighted by Crippen LogP contribution is -3.13. The van der Waals surface area contributed by atoms with E-state index in [2.05, 4.69) is 89.8 Å². The SMILES string of the molecule is CC1C[NH+](C)C(N(C)C)N1C.CC1C[NH+](C)C(N(C)C)N1C.O=C(O)c1ccccc1[O-].O=C([O-])c1ccccc1C(=O)O. The van der Waals surface area contributed by atoms with Crippen molar-refractivity contribution < 1.29 is 44.6 Å². The van der Waals surface area contributed by atoms with Crippen molar-refractivity contribution in [1.82, 2.24) is 19.6 Å². The van der Waals surface area contributed by atoms with Gasteiger partial charge in [-0.05, 0) is 68.3 Å². The fraction of sp³-hybridized carbons (Fsp3) is 0.516. The predicted molar refractivity (Wildman–Crippen MR) is 163 cm³/mol. The van der Waals surface area contributed by atoms with Crippen LogP contribution in [0, 0.1) is 0 Å². The van der Waals surface area contributed by atoms with Crippen molar-refractivity contribution >= 4 is 17.9 Å². The minimum absolute atomic E-state index is 0.178. The summed E-state index contributed by atoms with van der Waals surface area (Å²) in [5.74, 6) is -4.37. The summed E-state index contributed by atoms with van der Waals surface area (Å²) in [7, 11) is 17.5. The van der Waals surface area contributed by atoms with Gasteiger partial charge in [0, 0.05) is 5.56 Å². The van der Waals surface area contributed by atoms with E-state index in [1.54, 1.807) is 9.80 Å². The number of aromatic carboxylic acids is 3. The van der Waals surface area contributed by atoms with Crippen molar-refractivity contribution in [2.75, 3.05) is 69.5 Å². The van der Waals surface area contributed by atoms with Crippen LogP contribution in [0.1, 0.15) is 44.9 Å². The third-order valence-electron chi connectivity index (χ3n) is 7.75. The smallest absolute Gasteiger partial charge is 0.336 e. The highest BCUT2D eigenvalue weighted by Crippen LogP contribution is 2.11. The van der Waals surface area contributed by atoms with Crippen LogP contribution >= 0.6 is 0 Å². The number of carbonyl (C=O) groups is 3. The number of likely N-dealkylation sites (N-methyl/N-ethyl adjacent to an activating group) is 4. The van der Waals surface area contributed by atoms with Gasteiger partial charge in [0.25, 0.3) is 0 Å². The second-order valence-electron chi connectivity index (χ2n) is 11.7. The van der Waals surface area contributed by atoms with Crippen molar-refractivity contribution in [3.8, 4) is 5.75 Å². The summed E-state index contributed by atoms with van der Waals surface area (Å²) >= 11 is 0. The summed E-state index contributed by atoms with van der Waals surface area (Å²) in [6.45, 7) is 7.07. The zero-order chi connectivity index (χ0) is 33.9. The van der Waals surface area contributed by atoms with Crippen molar-refractivity contribution in [3.63, 3.8) is 0 Å². The fourth-order valence-electron chi connectivity index (χ4n) is 5.71. The van der Waals surface area contributed by atoms with Gasteiger partial charge in [-0.1, -0.05) is 42.1 Å². The van der Waals surface area contributed by atoms with Gasteiger partial charge in [0.1, 0.15) is 0 Å². The second kappa shape index (κ2) is 17.6. The molecule has 4 N–H and O–H groups in total. The summed E-state index contributed by atoms with van der Waals surface area (Å²) in [5.41, 5.74) is -0.731. The first-order valence-corrected chi connectivity index (χ1v) is 14.4. The number of benzene rings is 2. The van der Waals surface area contributed by atoms with Crippen molar-refractivity contribution in [2.45, 2.75) is 38.5 Å². The predicted octanol–water partition coefficient (Wildman–Crippen LogP) is -2.43. The maximum atomic E-state index is 10.7. The molecule has 0 aliphatic carbocycles. The van der Waals surface area contributed by atoms with Gasteiger partial charge in [-0.2, -0.15) is 0 Å². The van der Waals surface area contributed by atoms with Crippen LogP contribution < -0.4 is 20.0 Å². The van der Waals surface area contributed by atoms with E-state index in [0.29, 0.717) is 24.7 Å². The molecule has 2 fully saturated rings. The van der Waals surface area contributed by atoms with Gasteiger partial charge in [-0.15, -0.1) is 0 Å². The summed E-state index contributed by atoms with van der Waals surface area (Å²) in [6.07, 6.45) is 1.12. The molecule has 2 aliphatic heterocycles. The van der Waals surface area contributed by atoms with E-state index in [9.17, 15) is 24.6 Å². The Morgan fingerprint density at radius 2 is 1.07 bits per heavy atom. The molecule has 0 radical (unpaired) electrons. The normalized spacial score (nSPS) is 24.8. The number of nitrogens with zero attached hydrogens (tertiary/aromatic N) is 4. The zero-order valence-electron chi connectivity index (χ0n) is 27.6. The van der Waals surface area contributed by atoms with Gasteiger partial charge < -0.3 is 35.0 Å². The number of nitrogens with one attached hydrogen (secondary N) is 2. The topological polar surface area (TPSA) is 160 Å². The number of carboxylic acid groups (broad SMARTS) is 3. The van der Waals surface area contributed by atoms with Gasteiger partial charge in [-0.3, -0.25) is 0 Å². The van der Waals surface area contributed by atoms with E-state index in [-0.39, 0.29) is 16.7 Å². The van der Waals surface area contributed by atoms with Crippen LogP contribution in [-0.4, -0.2) is 142 Å². The van der Waals surface area contributed by atoms with Crippen molar-refractivity contribution in [2.24, 2.45) is 0 Å². The monoisotopic (exact) mass is 618 g/mol. The Labute approximate surface area is 261 Å². The Kier molecular flexibility index (Phi) is 15.4. The molecule has 4 rings (SSSR count). The van der Waals surface area contributed by atoms with Gasteiger partial charge in [0.2, 0.25) is 12.6 Å². The number of quaternary nitrogens is 2. The first-order chi connectivity index (χ1) is 20.4. The highest BCUT2D eigenvalue weighted by Gasteiger charge is 2.38. The quantitative estimate of drug-likeness (QED) is 0.282. The van der Waals surface area contributed by atoms with Gasteiger partial charge in [0.05, 0.1) is 56.4 Å². The number of carbonyl (C=O) groups excluding carboxylic acids is 1. The van der Waals surface area contributed by atoms with Gasteiger partial charge >= 0.3 is 11.9 Å². The molecule has 0 spiro atoms. The van der Waals surface area contributed by atoms with E-state index in [1.165, 1.54) is 61.6 Å². The molecule has 2 aromatic carbocycles. The zero-order valence-corrected chi connectivity index (χ0v) is 27.6. The molecule has 2 heterocycles. The van der Waals surface area contributed by atoms with Crippen LogP contribution in [0.2, 0.25) is 0 Å². The lowest BCUT2D eigenvalue weighted by molar-refractivity contribution is -0.911. The maximum Gasteiger partial charge on any atom is 0.336 e.